The Kier molecular flexibility index (Phi) is 3.99. The molecule has 1 atom stereocenters. The van der Waals surface area contributed by atoms with E-state index in [4.69, 9.17) is 16.1 Å². The fraction of sp³-hybridized carbons (Fsp3) is 0.333. The number of rotatable bonds is 4. The van der Waals surface area contributed by atoms with Crippen molar-refractivity contribution in [2.75, 3.05) is 6.54 Å². The van der Waals surface area contributed by atoms with E-state index in [0.717, 1.165) is 19.5 Å². The highest BCUT2D eigenvalue weighted by atomic mass is 35.5. The second kappa shape index (κ2) is 6.29. The molecule has 9 heteroatoms. The number of hydrogen-bond acceptors (Lipinski definition) is 6. The van der Waals surface area contributed by atoms with Crippen LogP contribution in [0.5, 0.6) is 0 Å². The molecule has 4 rings (SSSR count). The molecule has 1 saturated heterocycles. The first kappa shape index (κ1) is 15.2. The molecule has 24 heavy (non-hydrogen) atoms. The molecule has 1 fully saturated rings. The second-order valence-corrected chi connectivity index (χ2v) is 6.07. The van der Waals surface area contributed by atoms with E-state index in [9.17, 15) is 4.39 Å². The van der Waals surface area contributed by atoms with Crippen molar-refractivity contribution in [1.29, 1.82) is 0 Å². The van der Waals surface area contributed by atoms with Crippen LogP contribution in [0.1, 0.15) is 12.8 Å². The van der Waals surface area contributed by atoms with Crippen LogP contribution in [0.2, 0.25) is 5.02 Å². The minimum atomic E-state index is -0.420. The van der Waals surface area contributed by atoms with Gasteiger partial charge in [-0.05, 0) is 37.6 Å². The fourth-order valence-corrected chi connectivity index (χ4v) is 2.98. The molecule has 0 amide bonds. The van der Waals surface area contributed by atoms with E-state index in [2.05, 4.69) is 25.8 Å². The summed E-state index contributed by atoms with van der Waals surface area (Å²) in [7, 11) is 0. The van der Waals surface area contributed by atoms with E-state index in [1.54, 1.807) is 10.9 Å². The van der Waals surface area contributed by atoms with Crippen molar-refractivity contribution in [2.24, 2.45) is 0 Å². The molecule has 0 spiro atoms. The maximum absolute atomic E-state index is 13.1. The Morgan fingerprint density at radius 3 is 3.12 bits per heavy atom. The topological polar surface area (TPSA) is 81.7 Å². The quantitative estimate of drug-likeness (QED) is 0.780. The molecule has 0 bridgehead atoms. The summed E-state index contributed by atoms with van der Waals surface area (Å²) in [5.41, 5.74) is 0.987. The minimum Gasteiger partial charge on any atom is -0.332 e. The third-order valence-corrected chi connectivity index (χ3v) is 4.24. The summed E-state index contributed by atoms with van der Waals surface area (Å²) < 4.78 is 20.1. The average molecular weight is 349 g/mol. The van der Waals surface area contributed by atoms with Crippen molar-refractivity contribution in [3.05, 3.63) is 35.2 Å². The molecule has 3 heterocycles. The standard InChI is InChI=1S/C15H14ClFN6O/c16-12-6-9(17)3-4-11(12)14-19-15(24-21-14)13-8-23(22-20-13)7-10-2-1-5-18-10/h3-4,6,8,10,18H,1-2,5,7H2/t10-/m0/s1. The zero-order valence-electron chi connectivity index (χ0n) is 12.6. The number of aromatic nitrogens is 5. The second-order valence-electron chi connectivity index (χ2n) is 5.67. The Hall–Kier alpha value is -2.32. The Balaban J connectivity index is 1.55. The third kappa shape index (κ3) is 3.02. The van der Waals surface area contributed by atoms with Gasteiger partial charge in [0.1, 0.15) is 5.82 Å². The maximum Gasteiger partial charge on any atom is 0.280 e. The number of benzene rings is 1. The van der Waals surface area contributed by atoms with Crippen LogP contribution in [0.3, 0.4) is 0 Å². The molecule has 7 nitrogen and oxygen atoms in total. The van der Waals surface area contributed by atoms with Gasteiger partial charge in [-0.2, -0.15) is 4.98 Å². The summed E-state index contributed by atoms with van der Waals surface area (Å²) in [5, 5.41) is 15.7. The first-order chi connectivity index (χ1) is 11.7. The lowest BCUT2D eigenvalue weighted by molar-refractivity contribution is 0.431. The zero-order chi connectivity index (χ0) is 16.5. The van der Waals surface area contributed by atoms with Crippen molar-refractivity contribution in [3.8, 4) is 23.0 Å². The SMILES string of the molecule is Fc1ccc(-c2noc(-c3cn(C[C@@H]4CCCN4)nn3)n2)c(Cl)c1. The lowest BCUT2D eigenvalue weighted by atomic mass is 10.2. The van der Waals surface area contributed by atoms with Crippen LogP contribution < -0.4 is 5.32 Å². The minimum absolute atomic E-state index is 0.221. The highest BCUT2D eigenvalue weighted by Gasteiger charge is 2.18. The molecule has 0 aliphatic carbocycles. The number of nitrogens with zero attached hydrogens (tertiary/aromatic N) is 5. The van der Waals surface area contributed by atoms with Gasteiger partial charge >= 0.3 is 0 Å². The molecule has 0 unspecified atom stereocenters. The first-order valence-electron chi connectivity index (χ1n) is 7.62. The molecule has 2 aromatic heterocycles. The van der Waals surface area contributed by atoms with E-state index in [1.165, 1.54) is 24.6 Å². The fourth-order valence-electron chi connectivity index (χ4n) is 2.73. The van der Waals surface area contributed by atoms with Crippen LogP contribution in [0, 0.1) is 5.82 Å². The highest BCUT2D eigenvalue weighted by Crippen LogP contribution is 2.27. The van der Waals surface area contributed by atoms with Crippen molar-refractivity contribution in [2.45, 2.75) is 25.4 Å². The van der Waals surface area contributed by atoms with Gasteiger partial charge in [-0.25, -0.2) is 4.39 Å². The zero-order valence-corrected chi connectivity index (χ0v) is 13.4. The smallest absolute Gasteiger partial charge is 0.280 e. The van der Waals surface area contributed by atoms with Crippen molar-refractivity contribution < 1.29 is 8.91 Å². The van der Waals surface area contributed by atoms with Gasteiger partial charge in [0.05, 0.1) is 17.8 Å². The van der Waals surface area contributed by atoms with Crippen molar-refractivity contribution >= 4 is 11.6 Å². The molecule has 1 aliphatic heterocycles. The molecule has 3 aromatic rings. The molecule has 124 valence electrons. The van der Waals surface area contributed by atoms with Crippen LogP contribution in [0.15, 0.2) is 28.9 Å². The van der Waals surface area contributed by atoms with Gasteiger partial charge in [-0.3, -0.25) is 4.68 Å². The summed E-state index contributed by atoms with van der Waals surface area (Å²) in [6.07, 6.45) is 4.07. The molecule has 1 aromatic carbocycles. The van der Waals surface area contributed by atoms with Crippen LogP contribution in [-0.2, 0) is 6.54 Å². The van der Waals surface area contributed by atoms with E-state index < -0.39 is 5.82 Å². The maximum atomic E-state index is 13.1. The van der Waals surface area contributed by atoms with Gasteiger partial charge in [0.15, 0.2) is 5.69 Å². The molecule has 0 saturated carbocycles. The lowest BCUT2D eigenvalue weighted by Crippen LogP contribution is -2.26. The molecule has 0 radical (unpaired) electrons. The monoisotopic (exact) mass is 348 g/mol. The first-order valence-corrected chi connectivity index (χ1v) is 8.00. The van der Waals surface area contributed by atoms with Crippen LogP contribution in [-0.4, -0.2) is 37.7 Å². The highest BCUT2D eigenvalue weighted by molar-refractivity contribution is 6.33. The predicted octanol–water partition coefficient (Wildman–Crippen LogP) is 2.54. The largest absolute Gasteiger partial charge is 0.332 e. The molecule has 1 N–H and O–H groups in total. The van der Waals surface area contributed by atoms with Gasteiger partial charge in [-0.1, -0.05) is 22.0 Å². The van der Waals surface area contributed by atoms with E-state index in [0.29, 0.717) is 17.3 Å². The van der Waals surface area contributed by atoms with Crippen molar-refractivity contribution in [1.82, 2.24) is 30.5 Å². The summed E-state index contributed by atoms with van der Waals surface area (Å²) in [6.45, 7) is 1.79. The predicted molar refractivity (Wildman–Crippen MR) is 84.7 cm³/mol. The number of halogens is 2. The summed E-state index contributed by atoms with van der Waals surface area (Å²) in [5.74, 6) is 0.106. The van der Waals surface area contributed by atoms with Crippen LogP contribution in [0.25, 0.3) is 23.0 Å². The molecular weight excluding hydrogens is 335 g/mol. The number of nitrogens with one attached hydrogen (secondary N) is 1. The van der Waals surface area contributed by atoms with E-state index >= 15 is 0 Å². The van der Waals surface area contributed by atoms with E-state index in [1.807, 2.05) is 0 Å². The van der Waals surface area contributed by atoms with Gasteiger partial charge in [-0.15, -0.1) is 5.10 Å². The van der Waals surface area contributed by atoms with Crippen LogP contribution >= 0.6 is 11.6 Å². The third-order valence-electron chi connectivity index (χ3n) is 3.93. The van der Waals surface area contributed by atoms with Crippen LogP contribution in [0.4, 0.5) is 4.39 Å². The normalized spacial score (nSPS) is 17.5. The van der Waals surface area contributed by atoms with Gasteiger partial charge in [0.25, 0.3) is 5.89 Å². The van der Waals surface area contributed by atoms with E-state index in [-0.39, 0.29) is 16.7 Å². The number of hydrogen-bond donors (Lipinski definition) is 1. The lowest BCUT2D eigenvalue weighted by Gasteiger charge is -2.08. The Bertz CT molecular complexity index is 857. The van der Waals surface area contributed by atoms with Gasteiger partial charge < -0.3 is 9.84 Å². The Morgan fingerprint density at radius 1 is 1.42 bits per heavy atom. The van der Waals surface area contributed by atoms with Gasteiger partial charge in [0, 0.05) is 11.6 Å². The summed E-state index contributed by atoms with van der Waals surface area (Å²) >= 11 is 6.02. The molecule has 1 aliphatic rings. The Morgan fingerprint density at radius 2 is 2.33 bits per heavy atom. The summed E-state index contributed by atoms with van der Waals surface area (Å²) in [6, 6.07) is 4.42. The molecular formula is C15H14ClFN6O. The van der Waals surface area contributed by atoms with Gasteiger partial charge in [0.2, 0.25) is 5.82 Å². The summed E-state index contributed by atoms with van der Waals surface area (Å²) in [4.78, 5) is 4.27. The Labute approximate surface area is 141 Å². The van der Waals surface area contributed by atoms with Crippen molar-refractivity contribution in [3.63, 3.8) is 0 Å². The average Bonchev–Trinajstić information content (AvgIpc) is 3.28.